The molecule has 0 bridgehead atoms. The van der Waals surface area contributed by atoms with Crippen LogP contribution in [0.4, 0.5) is 5.13 Å². The fraction of sp³-hybridized carbons (Fsp3) is 0.769. The molecule has 2 N–H and O–H groups in total. The summed E-state index contributed by atoms with van der Waals surface area (Å²) in [4.78, 5) is 15.0. The molecule has 0 aromatic carbocycles. The third-order valence-corrected chi connectivity index (χ3v) is 3.82. The quantitative estimate of drug-likeness (QED) is 0.727. The van der Waals surface area contributed by atoms with Crippen molar-refractivity contribution in [1.82, 2.24) is 9.36 Å². The van der Waals surface area contributed by atoms with Crippen LogP contribution >= 0.6 is 11.5 Å². The zero-order valence-electron chi connectivity index (χ0n) is 11.8. The highest BCUT2D eigenvalue weighted by Gasteiger charge is 2.10. The minimum Gasteiger partial charge on any atom is -0.481 e. The first-order chi connectivity index (χ1) is 9.02. The van der Waals surface area contributed by atoms with E-state index in [0.29, 0.717) is 11.8 Å². The van der Waals surface area contributed by atoms with Gasteiger partial charge in [0.1, 0.15) is 5.82 Å². The second kappa shape index (κ2) is 8.09. The second-order valence-corrected chi connectivity index (χ2v) is 5.79. The van der Waals surface area contributed by atoms with Crippen molar-refractivity contribution in [3.05, 3.63) is 5.82 Å². The van der Waals surface area contributed by atoms with Gasteiger partial charge >= 0.3 is 5.97 Å². The summed E-state index contributed by atoms with van der Waals surface area (Å²) in [5.41, 5.74) is 0. The van der Waals surface area contributed by atoms with E-state index >= 15 is 0 Å². The van der Waals surface area contributed by atoms with Gasteiger partial charge in [-0.3, -0.25) is 4.79 Å². The molecule has 1 rings (SSSR count). The Hall–Kier alpha value is -1.17. The number of nitrogens with zero attached hydrogens (tertiary/aromatic N) is 2. The predicted molar refractivity (Wildman–Crippen MR) is 77.8 cm³/mol. The number of aliphatic carboxylic acids is 1. The van der Waals surface area contributed by atoms with Gasteiger partial charge in [0.15, 0.2) is 0 Å². The van der Waals surface area contributed by atoms with Gasteiger partial charge in [0, 0.05) is 30.4 Å². The summed E-state index contributed by atoms with van der Waals surface area (Å²) >= 11 is 1.39. The number of anilines is 1. The molecule has 0 amide bonds. The average Bonchev–Trinajstić information content (AvgIpc) is 2.82. The number of carbonyl (C=O) groups is 1. The normalized spacial score (nSPS) is 12.6. The van der Waals surface area contributed by atoms with Crippen molar-refractivity contribution in [1.29, 1.82) is 0 Å². The van der Waals surface area contributed by atoms with Crippen molar-refractivity contribution in [2.75, 3.05) is 11.9 Å². The highest BCUT2D eigenvalue weighted by atomic mass is 32.1. The molecular weight excluding hydrogens is 262 g/mol. The Kier molecular flexibility index (Phi) is 6.77. The first kappa shape index (κ1) is 15.9. The standard InChI is InChI=1S/C13H23N3O2S/c1-4-10(5-6-11(17)18)7-8-14-13-15-12(9(2)3)16-19-13/h9-10H,4-8H2,1-3H3,(H,17,18)(H,14,15,16). The minimum atomic E-state index is -0.711. The van der Waals surface area contributed by atoms with E-state index in [4.69, 9.17) is 5.11 Å². The number of carboxylic acid groups (broad SMARTS) is 1. The highest BCUT2D eigenvalue weighted by Crippen LogP contribution is 2.19. The van der Waals surface area contributed by atoms with Crippen molar-refractivity contribution in [3.63, 3.8) is 0 Å². The first-order valence-corrected chi connectivity index (χ1v) is 7.59. The van der Waals surface area contributed by atoms with Crippen LogP contribution < -0.4 is 5.32 Å². The van der Waals surface area contributed by atoms with Gasteiger partial charge in [-0.05, 0) is 18.8 Å². The molecule has 0 fully saturated rings. The Morgan fingerprint density at radius 2 is 2.16 bits per heavy atom. The highest BCUT2D eigenvalue weighted by molar-refractivity contribution is 7.09. The van der Waals surface area contributed by atoms with E-state index < -0.39 is 5.97 Å². The van der Waals surface area contributed by atoms with Crippen molar-refractivity contribution >= 4 is 22.6 Å². The molecule has 5 nitrogen and oxygen atoms in total. The van der Waals surface area contributed by atoms with Crippen LogP contribution in [0.15, 0.2) is 0 Å². The summed E-state index contributed by atoms with van der Waals surface area (Å²) in [5.74, 6) is 0.981. The predicted octanol–water partition coefficient (Wildman–Crippen LogP) is 3.35. The van der Waals surface area contributed by atoms with E-state index in [9.17, 15) is 4.79 Å². The number of carboxylic acids is 1. The molecule has 0 radical (unpaired) electrons. The molecule has 1 atom stereocenters. The van der Waals surface area contributed by atoms with Crippen LogP contribution in [0.25, 0.3) is 0 Å². The molecule has 0 saturated carbocycles. The fourth-order valence-electron chi connectivity index (χ4n) is 1.80. The SMILES string of the molecule is CCC(CCNc1nc(C(C)C)ns1)CCC(=O)O. The van der Waals surface area contributed by atoms with E-state index in [2.05, 4.69) is 35.4 Å². The maximum atomic E-state index is 10.5. The molecule has 0 aliphatic heterocycles. The van der Waals surface area contributed by atoms with E-state index in [1.807, 2.05) is 0 Å². The van der Waals surface area contributed by atoms with Crippen LogP contribution in [0.3, 0.4) is 0 Å². The van der Waals surface area contributed by atoms with Gasteiger partial charge in [-0.25, -0.2) is 4.98 Å². The molecule has 0 spiro atoms. The topological polar surface area (TPSA) is 75.1 Å². The summed E-state index contributed by atoms with van der Waals surface area (Å²) in [6.45, 7) is 7.08. The Morgan fingerprint density at radius 1 is 1.42 bits per heavy atom. The average molecular weight is 285 g/mol. The van der Waals surface area contributed by atoms with Gasteiger partial charge < -0.3 is 10.4 Å². The molecule has 6 heteroatoms. The van der Waals surface area contributed by atoms with Crippen molar-refractivity contribution in [3.8, 4) is 0 Å². The van der Waals surface area contributed by atoms with Crippen molar-refractivity contribution in [2.45, 2.75) is 52.4 Å². The molecule has 1 aromatic heterocycles. The summed E-state index contributed by atoms with van der Waals surface area (Å²) in [6.07, 6.45) is 3.00. The van der Waals surface area contributed by atoms with Gasteiger partial charge in [0.2, 0.25) is 5.13 Å². The van der Waals surface area contributed by atoms with E-state index in [1.54, 1.807) is 0 Å². The lowest BCUT2D eigenvalue weighted by Gasteiger charge is -2.13. The molecule has 0 aliphatic rings. The Morgan fingerprint density at radius 3 is 2.68 bits per heavy atom. The smallest absolute Gasteiger partial charge is 0.303 e. The van der Waals surface area contributed by atoms with E-state index in [0.717, 1.165) is 36.8 Å². The lowest BCUT2D eigenvalue weighted by molar-refractivity contribution is -0.137. The van der Waals surface area contributed by atoms with Crippen LogP contribution in [0.5, 0.6) is 0 Å². The lowest BCUT2D eigenvalue weighted by Crippen LogP contribution is -2.10. The third-order valence-electron chi connectivity index (χ3n) is 3.13. The Bertz CT molecular complexity index is 393. The molecule has 108 valence electrons. The number of rotatable bonds is 9. The van der Waals surface area contributed by atoms with Crippen LogP contribution in [0, 0.1) is 5.92 Å². The van der Waals surface area contributed by atoms with Crippen LogP contribution in [0.1, 0.15) is 58.2 Å². The second-order valence-electron chi connectivity index (χ2n) is 5.03. The molecule has 1 heterocycles. The van der Waals surface area contributed by atoms with Crippen LogP contribution in [0.2, 0.25) is 0 Å². The number of nitrogens with one attached hydrogen (secondary N) is 1. The van der Waals surface area contributed by atoms with Gasteiger partial charge in [-0.1, -0.05) is 27.2 Å². The zero-order chi connectivity index (χ0) is 14.3. The van der Waals surface area contributed by atoms with Gasteiger partial charge in [0.05, 0.1) is 0 Å². The molecule has 0 saturated heterocycles. The van der Waals surface area contributed by atoms with Crippen LogP contribution in [-0.2, 0) is 4.79 Å². The maximum absolute atomic E-state index is 10.5. The Labute approximate surface area is 118 Å². The molecular formula is C13H23N3O2S. The molecule has 1 aromatic rings. The summed E-state index contributed by atoms with van der Waals surface area (Å²) in [7, 11) is 0. The lowest BCUT2D eigenvalue weighted by atomic mass is 9.97. The van der Waals surface area contributed by atoms with E-state index in [1.165, 1.54) is 11.5 Å². The van der Waals surface area contributed by atoms with Crippen molar-refractivity contribution in [2.24, 2.45) is 5.92 Å². The largest absolute Gasteiger partial charge is 0.481 e. The summed E-state index contributed by atoms with van der Waals surface area (Å²) in [6, 6.07) is 0. The van der Waals surface area contributed by atoms with Gasteiger partial charge in [-0.2, -0.15) is 4.37 Å². The van der Waals surface area contributed by atoms with E-state index in [-0.39, 0.29) is 6.42 Å². The third kappa shape index (κ3) is 6.00. The monoisotopic (exact) mass is 285 g/mol. The minimum absolute atomic E-state index is 0.259. The summed E-state index contributed by atoms with van der Waals surface area (Å²) < 4.78 is 4.28. The maximum Gasteiger partial charge on any atom is 0.303 e. The zero-order valence-corrected chi connectivity index (χ0v) is 12.7. The van der Waals surface area contributed by atoms with Crippen LogP contribution in [-0.4, -0.2) is 27.0 Å². The fourth-order valence-corrected chi connectivity index (χ4v) is 2.54. The molecule has 0 aliphatic carbocycles. The molecule has 19 heavy (non-hydrogen) atoms. The number of aromatic nitrogens is 2. The number of hydrogen-bond acceptors (Lipinski definition) is 5. The first-order valence-electron chi connectivity index (χ1n) is 6.82. The summed E-state index contributed by atoms with van der Waals surface area (Å²) in [5, 5.41) is 12.8. The van der Waals surface area contributed by atoms with Gasteiger partial charge in [0.25, 0.3) is 0 Å². The Balaban J connectivity index is 2.29. The molecule has 1 unspecified atom stereocenters. The van der Waals surface area contributed by atoms with Crippen molar-refractivity contribution < 1.29 is 9.90 Å². The number of hydrogen-bond donors (Lipinski definition) is 2. The van der Waals surface area contributed by atoms with Gasteiger partial charge in [-0.15, -0.1) is 0 Å².